The topological polar surface area (TPSA) is 12.9 Å². The van der Waals surface area contributed by atoms with E-state index in [1.807, 2.05) is 12.3 Å². The molecular weight excluding hydrogens is 366 g/mol. The van der Waals surface area contributed by atoms with Crippen LogP contribution in [0.5, 0.6) is 0 Å². The van der Waals surface area contributed by atoms with Gasteiger partial charge in [0, 0.05) is 28.9 Å². The van der Waals surface area contributed by atoms with E-state index in [1.54, 1.807) is 0 Å². The number of aromatic nitrogens is 1. The van der Waals surface area contributed by atoms with Crippen molar-refractivity contribution in [2.24, 2.45) is 0 Å². The molecule has 0 bridgehead atoms. The number of pyridine rings is 1. The average molecular weight is 384 g/mol. The largest absolute Gasteiger partial charge is 0.256 e. The summed E-state index contributed by atoms with van der Waals surface area (Å²) < 4.78 is 0. The molecular formula is C25H18CrN-. The number of fused-ring (bicyclic) bond motifs is 2. The Morgan fingerprint density at radius 3 is 2.37 bits per heavy atom. The first kappa shape index (κ1) is 17.7. The van der Waals surface area contributed by atoms with E-state index >= 15 is 0 Å². The zero-order chi connectivity index (χ0) is 17.5. The van der Waals surface area contributed by atoms with Crippen LogP contribution in [0, 0.1) is 6.08 Å². The van der Waals surface area contributed by atoms with Crippen LogP contribution in [0.4, 0.5) is 0 Å². The molecule has 0 spiro atoms. The zero-order valence-corrected chi connectivity index (χ0v) is 16.3. The van der Waals surface area contributed by atoms with Crippen LogP contribution in [0.2, 0.25) is 0 Å². The molecule has 4 aromatic rings. The van der Waals surface area contributed by atoms with Gasteiger partial charge in [0.15, 0.2) is 0 Å². The predicted molar refractivity (Wildman–Crippen MR) is 110 cm³/mol. The van der Waals surface area contributed by atoms with Gasteiger partial charge in [0.25, 0.3) is 0 Å². The summed E-state index contributed by atoms with van der Waals surface area (Å²) in [6.45, 7) is 2.22. The molecule has 0 fully saturated rings. The fourth-order valence-electron chi connectivity index (χ4n) is 3.98. The monoisotopic (exact) mass is 384 g/mol. The van der Waals surface area contributed by atoms with Crippen molar-refractivity contribution in [1.82, 2.24) is 4.98 Å². The van der Waals surface area contributed by atoms with E-state index in [9.17, 15) is 0 Å². The Morgan fingerprint density at radius 1 is 0.778 bits per heavy atom. The minimum Gasteiger partial charge on any atom is -0.256 e. The van der Waals surface area contributed by atoms with Crippen LogP contribution in [-0.4, -0.2) is 4.98 Å². The van der Waals surface area contributed by atoms with Crippen molar-refractivity contribution in [2.45, 2.75) is 13.3 Å². The van der Waals surface area contributed by atoms with Crippen LogP contribution < -0.4 is 0 Å². The number of para-hydroxylation sites is 1. The van der Waals surface area contributed by atoms with E-state index in [2.05, 4.69) is 84.7 Å². The quantitative estimate of drug-likeness (QED) is 0.362. The molecule has 3 aromatic carbocycles. The van der Waals surface area contributed by atoms with Gasteiger partial charge in [-0.15, -0.1) is 17.2 Å². The smallest absolute Gasteiger partial charge is 0.0766 e. The van der Waals surface area contributed by atoms with Gasteiger partial charge in [-0.1, -0.05) is 85.0 Å². The number of nitrogens with zero attached hydrogens (tertiary/aromatic N) is 1. The Hall–Kier alpha value is -2.66. The van der Waals surface area contributed by atoms with E-state index in [4.69, 9.17) is 0 Å². The summed E-state index contributed by atoms with van der Waals surface area (Å²) >= 11 is 0. The first-order chi connectivity index (χ1) is 12.8. The molecule has 0 unspecified atom stereocenters. The van der Waals surface area contributed by atoms with Crippen LogP contribution >= 0.6 is 0 Å². The van der Waals surface area contributed by atoms with Gasteiger partial charge in [0.1, 0.15) is 0 Å². The maximum atomic E-state index is 4.64. The van der Waals surface area contributed by atoms with E-state index in [1.165, 1.54) is 44.0 Å². The average Bonchev–Trinajstić information content (AvgIpc) is 3.08. The molecule has 1 nitrogen and oxygen atoms in total. The van der Waals surface area contributed by atoms with Gasteiger partial charge in [-0.25, -0.2) is 0 Å². The number of benzene rings is 3. The van der Waals surface area contributed by atoms with E-state index in [0.717, 1.165) is 11.9 Å². The third-order valence-corrected chi connectivity index (χ3v) is 5.29. The first-order valence-corrected chi connectivity index (χ1v) is 8.96. The summed E-state index contributed by atoms with van der Waals surface area (Å²) in [6, 6.07) is 25.6. The van der Waals surface area contributed by atoms with Gasteiger partial charge in [0.05, 0.1) is 5.52 Å². The summed E-state index contributed by atoms with van der Waals surface area (Å²) in [5.41, 5.74) is 7.43. The Kier molecular flexibility index (Phi) is 4.70. The summed E-state index contributed by atoms with van der Waals surface area (Å²) in [6.07, 6.45) is 6.35. The van der Waals surface area contributed by atoms with Gasteiger partial charge >= 0.3 is 0 Å². The number of hydrogen-bond acceptors (Lipinski definition) is 1. The molecule has 2 heteroatoms. The fourth-order valence-corrected chi connectivity index (χ4v) is 3.98. The predicted octanol–water partition coefficient (Wildman–Crippen LogP) is 6.45. The molecule has 27 heavy (non-hydrogen) atoms. The second kappa shape index (κ2) is 7.16. The normalized spacial score (nSPS) is 13.7. The van der Waals surface area contributed by atoms with Gasteiger partial charge in [0.2, 0.25) is 0 Å². The molecule has 0 atom stereocenters. The first-order valence-electron chi connectivity index (χ1n) is 8.96. The number of allylic oxidation sites excluding steroid dienone is 4. The molecule has 5 rings (SSSR count). The summed E-state index contributed by atoms with van der Waals surface area (Å²) in [5, 5.41) is 3.74. The molecule has 1 aliphatic carbocycles. The SMILES string of the molecule is CC1=C(c2cccc3cccnc23)C[C-]=C1c1cccc2ccccc12.[Cr]. The molecule has 0 aliphatic heterocycles. The van der Waals surface area contributed by atoms with Gasteiger partial charge in [-0.3, -0.25) is 4.98 Å². The number of rotatable bonds is 2. The van der Waals surface area contributed by atoms with Crippen LogP contribution in [0.3, 0.4) is 0 Å². The minimum absolute atomic E-state index is 0. The van der Waals surface area contributed by atoms with Crippen LogP contribution in [0.15, 0.2) is 84.6 Å². The van der Waals surface area contributed by atoms with E-state index in [-0.39, 0.29) is 17.4 Å². The van der Waals surface area contributed by atoms with Crippen molar-refractivity contribution in [3.63, 3.8) is 0 Å². The second-order valence-electron chi connectivity index (χ2n) is 6.74. The van der Waals surface area contributed by atoms with Crippen molar-refractivity contribution in [2.75, 3.05) is 0 Å². The maximum Gasteiger partial charge on any atom is 0.0766 e. The third kappa shape index (κ3) is 2.92. The molecule has 0 amide bonds. The second-order valence-corrected chi connectivity index (χ2v) is 6.74. The molecule has 0 N–H and O–H groups in total. The Labute approximate surface area is 170 Å². The van der Waals surface area contributed by atoms with Crippen LogP contribution in [0.1, 0.15) is 24.5 Å². The number of hydrogen-bond donors (Lipinski definition) is 0. The molecule has 1 aliphatic rings. The van der Waals surface area contributed by atoms with Crippen molar-refractivity contribution in [3.8, 4) is 0 Å². The van der Waals surface area contributed by atoms with Crippen LogP contribution in [0.25, 0.3) is 32.8 Å². The molecule has 0 saturated carbocycles. The van der Waals surface area contributed by atoms with Crippen molar-refractivity contribution >= 4 is 32.8 Å². The van der Waals surface area contributed by atoms with Gasteiger partial charge in [-0.05, 0) is 17.0 Å². The Balaban J connectivity index is 0.00000180. The third-order valence-electron chi connectivity index (χ3n) is 5.29. The summed E-state index contributed by atoms with van der Waals surface area (Å²) in [7, 11) is 0. The van der Waals surface area contributed by atoms with Gasteiger partial charge < -0.3 is 0 Å². The van der Waals surface area contributed by atoms with Crippen molar-refractivity contribution in [1.29, 1.82) is 0 Å². The Bertz CT molecular complexity index is 1120. The van der Waals surface area contributed by atoms with Crippen molar-refractivity contribution in [3.05, 3.63) is 102 Å². The van der Waals surface area contributed by atoms with Gasteiger partial charge in [-0.2, -0.15) is 11.6 Å². The fraction of sp³-hybridized carbons (Fsp3) is 0.0800. The van der Waals surface area contributed by atoms with Crippen LogP contribution in [-0.2, 0) is 17.4 Å². The molecule has 130 valence electrons. The van der Waals surface area contributed by atoms with E-state index in [0.29, 0.717) is 0 Å². The van der Waals surface area contributed by atoms with Crippen molar-refractivity contribution < 1.29 is 17.4 Å². The molecule has 1 heterocycles. The van der Waals surface area contributed by atoms with E-state index < -0.39 is 0 Å². The maximum absolute atomic E-state index is 4.64. The zero-order valence-electron chi connectivity index (χ0n) is 15.1. The minimum atomic E-state index is 0. The summed E-state index contributed by atoms with van der Waals surface area (Å²) in [4.78, 5) is 4.64. The standard InChI is InChI=1S/C25H18N.Cr/c1-17-20(23-12-4-8-18-7-2-3-11-22(18)23)14-15-21(17)24-13-5-9-19-10-6-16-26-25(19)24;/h2-13,16H,15H2,1H3;/q-1;. The Morgan fingerprint density at radius 2 is 1.48 bits per heavy atom. The molecule has 0 radical (unpaired) electrons. The summed E-state index contributed by atoms with van der Waals surface area (Å²) in [5.74, 6) is 0. The molecule has 1 aromatic heterocycles. The molecule has 0 saturated heterocycles.